The largest absolute Gasteiger partial charge is 0.329 e. The van der Waals surface area contributed by atoms with E-state index in [1.54, 1.807) is 0 Å². The zero-order chi connectivity index (χ0) is 7.33. The van der Waals surface area contributed by atoms with E-state index in [1.165, 1.54) is 0 Å². The van der Waals surface area contributed by atoms with Crippen LogP contribution in [0.4, 0.5) is 0 Å². The molecule has 0 aliphatic rings. The zero-order valence-corrected chi connectivity index (χ0v) is 6.28. The second kappa shape index (κ2) is 3.82. The minimum Gasteiger partial charge on any atom is -0.329 e. The minimum atomic E-state index is -0.116. The lowest BCUT2D eigenvalue weighted by molar-refractivity contribution is 0.471. The molecule has 0 fully saturated rings. The van der Waals surface area contributed by atoms with Gasteiger partial charge in [0.2, 0.25) is 0 Å². The van der Waals surface area contributed by atoms with Gasteiger partial charge in [0, 0.05) is 25.2 Å². The third-order valence-electron chi connectivity index (χ3n) is 0.902. The van der Waals surface area contributed by atoms with Gasteiger partial charge in [-0.25, -0.2) is 0 Å². The molecule has 0 aliphatic carbocycles. The first kappa shape index (κ1) is 8.88. The molecule has 0 atom stereocenters. The minimum absolute atomic E-state index is 0.116. The molecule has 0 saturated carbocycles. The summed E-state index contributed by atoms with van der Waals surface area (Å²) in [4.78, 5) is 0. The fourth-order valence-corrected chi connectivity index (χ4v) is 0.513. The molecule has 3 nitrogen and oxygen atoms in total. The average Bonchev–Trinajstić information content (AvgIpc) is 1.63. The number of hydrogen-bond acceptors (Lipinski definition) is 3. The monoisotopic (exact) mass is 131 g/mol. The first-order valence-electron chi connectivity index (χ1n) is 3.26. The predicted molar refractivity (Wildman–Crippen MR) is 40.2 cm³/mol. The third kappa shape index (κ3) is 7.88. The Labute approximate surface area is 56.8 Å². The van der Waals surface area contributed by atoms with Gasteiger partial charge in [-0.15, -0.1) is 0 Å². The highest BCUT2D eigenvalue weighted by atomic mass is 14.9. The SMILES string of the molecule is CC(C)(N)CNCCN. The highest BCUT2D eigenvalue weighted by Gasteiger charge is 2.07. The van der Waals surface area contributed by atoms with Crippen LogP contribution in [0.5, 0.6) is 0 Å². The quantitative estimate of drug-likeness (QED) is 0.441. The van der Waals surface area contributed by atoms with Crippen molar-refractivity contribution in [2.24, 2.45) is 11.5 Å². The van der Waals surface area contributed by atoms with Gasteiger partial charge >= 0.3 is 0 Å². The van der Waals surface area contributed by atoms with Crippen LogP contribution in [0.25, 0.3) is 0 Å². The highest BCUT2D eigenvalue weighted by molar-refractivity contribution is 4.74. The van der Waals surface area contributed by atoms with Crippen molar-refractivity contribution in [3.05, 3.63) is 0 Å². The molecule has 0 unspecified atom stereocenters. The Kier molecular flexibility index (Phi) is 3.77. The molecular weight excluding hydrogens is 114 g/mol. The van der Waals surface area contributed by atoms with Crippen molar-refractivity contribution >= 4 is 0 Å². The van der Waals surface area contributed by atoms with E-state index in [4.69, 9.17) is 11.5 Å². The van der Waals surface area contributed by atoms with E-state index in [2.05, 4.69) is 5.32 Å². The number of nitrogens with one attached hydrogen (secondary N) is 1. The molecule has 0 radical (unpaired) electrons. The van der Waals surface area contributed by atoms with Crippen molar-refractivity contribution in [2.75, 3.05) is 19.6 Å². The number of nitrogens with two attached hydrogens (primary N) is 2. The van der Waals surface area contributed by atoms with Crippen LogP contribution < -0.4 is 16.8 Å². The lowest BCUT2D eigenvalue weighted by atomic mass is 10.1. The van der Waals surface area contributed by atoms with Crippen LogP contribution in [-0.4, -0.2) is 25.2 Å². The van der Waals surface area contributed by atoms with Crippen molar-refractivity contribution in [3.63, 3.8) is 0 Å². The Morgan fingerprint density at radius 3 is 2.33 bits per heavy atom. The van der Waals surface area contributed by atoms with Crippen LogP contribution >= 0.6 is 0 Å². The summed E-state index contributed by atoms with van der Waals surface area (Å²) in [6.07, 6.45) is 0. The molecule has 0 amide bonds. The van der Waals surface area contributed by atoms with Crippen LogP contribution in [0.2, 0.25) is 0 Å². The summed E-state index contributed by atoms with van der Waals surface area (Å²) in [5.74, 6) is 0. The van der Waals surface area contributed by atoms with Crippen LogP contribution in [-0.2, 0) is 0 Å². The van der Waals surface area contributed by atoms with Crippen molar-refractivity contribution in [2.45, 2.75) is 19.4 Å². The summed E-state index contributed by atoms with van der Waals surface area (Å²) in [6.45, 7) is 6.31. The molecule has 0 aromatic carbocycles. The maximum Gasteiger partial charge on any atom is 0.0223 e. The van der Waals surface area contributed by atoms with Crippen molar-refractivity contribution in [3.8, 4) is 0 Å². The molecule has 0 bridgehead atoms. The maximum atomic E-state index is 5.67. The molecule has 9 heavy (non-hydrogen) atoms. The van der Waals surface area contributed by atoms with Gasteiger partial charge in [-0.05, 0) is 13.8 Å². The fourth-order valence-electron chi connectivity index (χ4n) is 0.513. The molecule has 56 valence electrons. The van der Waals surface area contributed by atoms with Crippen LogP contribution in [0.15, 0.2) is 0 Å². The Balaban J connectivity index is 3.07. The molecule has 0 rings (SSSR count). The van der Waals surface area contributed by atoms with Crippen LogP contribution in [0, 0.1) is 0 Å². The summed E-state index contributed by atoms with van der Waals surface area (Å²) < 4.78 is 0. The average molecular weight is 131 g/mol. The number of hydrogen-bond donors (Lipinski definition) is 3. The molecule has 5 N–H and O–H groups in total. The van der Waals surface area contributed by atoms with E-state index in [0.717, 1.165) is 13.1 Å². The maximum absolute atomic E-state index is 5.67. The van der Waals surface area contributed by atoms with E-state index < -0.39 is 0 Å². The molecule has 0 spiro atoms. The summed E-state index contributed by atoms with van der Waals surface area (Å²) in [6, 6.07) is 0. The molecule has 3 heteroatoms. The lowest BCUT2D eigenvalue weighted by Crippen LogP contribution is -2.44. The Morgan fingerprint density at radius 2 is 2.00 bits per heavy atom. The Bertz CT molecular complexity index is 65.2. The standard InChI is InChI=1S/C6H17N3/c1-6(2,8)5-9-4-3-7/h9H,3-5,7-8H2,1-2H3. The summed E-state index contributed by atoms with van der Waals surface area (Å²) >= 11 is 0. The first-order chi connectivity index (χ1) is 4.06. The topological polar surface area (TPSA) is 64.1 Å². The van der Waals surface area contributed by atoms with Gasteiger partial charge in [0.1, 0.15) is 0 Å². The van der Waals surface area contributed by atoms with Crippen molar-refractivity contribution in [1.29, 1.82) is 0 Å². The van der Waals surface area contributed by atoms with Gasteiger partial charge in [-0.3, -0.25) is 0 Å². The third-order valence-corrected chi connectivity index (χ3v) is 0.902. The molecule has 0 heterocycles. The molecule has 0 aliphatic heterocycles. The molecule has 0 aromatic heterocycles. The second-order valence-electron chi connectivity index (χ2n) is 2.95. The van der Waals surface area contributed by atoms with E-state index in [1.807, 2.05) is 13.8 Å². The number of rotatable bonds is 4. The summed E-state index contributed by atoms with van der Waals surface area (Å²) in [5.41, 5.74) is 10.8. The lowest BCUT2D eigenvalue weighted by Gasteiger charge is -2.18. The Hall–Kier alpha value is -0.120. The normalized spacial score (nSPS) is 12.0. The van der Waals surface area contributed by atoms with Gasteiger partial charge in [-0.1, -0.05) is 0 Å². The van der Waals surface area contributed by atoms with Gasteiger partial charge in [0.15, 0.2) is 0 Å². The first-order valence-corrected chi connectivity index (χ1v) is 3.26. The van der Waals surface area contributed by atoms with E-state index in [0.29, 0.717) is 6.54 Å². The Morgan fingerprint density at radius 1 is 1.44 bits per heavy atom. The van der Waals surface area contributed by atoms with Crippen molar-refractivity contribution in [1.82, 2.24) is 5.32 Å². The van der Waals surface area contributed by atoms with Gasteiger partial charge in [0.25, 0.3) is 0 Å². The molecular formula is C6H17N3. The van der Waals surface area contributed by atoms with Gasteiger partial charge in [-0.2, -0.15) is 0 Å². The smallest absolute Gasteiger partial charge is 0.0223 e. The van der Waals surface area contributed by atoms with Crippen LogP contribution in [0.3, 0.4) is 0 Å². The fraction of sp³-hybridized carbons (Fsp3) is 1.00. The van der Waals surface area contributed by atoms with Gasteiger partial charge < -0.3 is 16.8 Å². The van der Waals surface area contributed by atoms with E-state index >= 15 is 0 Å². The van der Waals surface area contributed by atoms with E-state index in [9.17, 15) is 0 Å². The summed E-state index contributed by atoms with van der Waals surface area (Å²) in [7, 11) is 0. The van der Waals surface area contributed by atoms with Gasteiger partial charge in [0.05, 0.1) is 0 Å². The molecule has 0 aromatic rings. The molecule has 0 saturated heterocycles. The predicted octanol–water partition coefficient (Wildman–Crippen LogP) is -0.728. The van der Waals surface area contributed by atoms with Crippen LogP contribution in [0.1, 0.15) is 13.8 Å². The van der Waals surface area contributed by atoms with Crippen molar-refractivity contribution < 1.29 is 0 Å². The highest BCUT2D eigenvalue weighted by Crippen LogP contribution is 1.91. The second-order valence-corrected chi connectivity index (χ2v) is 2.95. The van der Waals surface area contributed by atoms with E-state index in [-0.39, 0.29) is 5.54 Å². The zero-order valence-electron chi connectivity index (χ0n) is 6.28. The summed E-state index contributed by atoms with van der Waals surface area (Å²) in [5, 5.41) is 3.12.